The molecular weight excluding hydrogens is 1320 g/mol. The molecule has 5 aliphatic carbocycles. The standard InChI is InChI=1S/C22H38BrNO2Si.C15H32O4Si.C15H30O2Si.C14H28O3Si.C9H16O2/c1-17(18-9-11-19(23)12-10-18)24-15-14-22(25)13-7-8-20(16-22)26-27(5,6)21(2,3)4;1-14(2,3)20(4,5)19-13-7-6-8-15(18,10-13)9-12(17)11-16;1-7-10-15(16)11-8-9-13(12-15)17-18(5,6)14(2,3)4;1-13(2,3)18(4,5)17-12-7-6-8-14(16,11-12)9-10-15;1-2-5-9(11)6-3-4-8(10)7-9/h9-12,17,20,24-25H,7-8,13-16H2,1-6H3;12-13,16-18H,6-11H2,1-5H3;7,13,16H,1,8-12H2,2-6H3;10,12,16H,6-9,11H2,1-5H3;2,8,10-11H,1,3-7H2/t17-,20-,22+;12?,13-,15+;13-,15-;12-,14+;8-,9-/m00000/s1. The van der Waals surface area contributed by atoms with Crippen molar-refractivity contribution >= 4 is 55.5 Å². The zero-order valence-electron chi connectivity index (χ0n) is 63.6. The molecule has 5 fully saturated rings. The van der Waals surface area contributed by atoms with Crippen LogP contribution in [0, 0.1) is 0 Å². The number of hydrogen-bond acceptors (Lipinski definition) is 14. The van der Waals surface area contributed by atoms with E-state index in [0.29, 0.717) is 38.5 Å². The van der Waals surface area contributed by atoms with E-state index in [1.54, 1.807) is 6.08 Å². The smallest absolute Gasteiger partial charge is 0.192 e. The number of aldehydes is 1. The minimum absolute atomic E-state index is 0.0699. The van der Waals surface area contributed by atoms with Crippen molar-refractivity contribution in [3.05, 3.63) is 59.6 Å². The van der Waals surface area contributed by atoms with Crippen molar-refractivity contribution in [1.29, 1.82) is 0 Å². The summed E-state index contributed by atoms with van der Waals surface area (Å²) in [4.78, 5) is 10.6. The second-order valence-electron chi connectivity index (χ2n) is 35.6. The highest BCUT2D eigenvalue weighted by molar-refractivity contribution is 9.10. The molecule has 94 heavy (non-hydrogen) atoms. The number of aliphatic hydroxyl groups is 8. The number of benzene rings is 1. The maximum atomic E-state index is 11.2. The number of rotatable bonds is 22. The summed E-state index contributed by atoms with van der Waals surface area (Å²) in [6.07, 6.45) is 23.5. The van der Waals surface area contributed by atoms with Gasteiger partial charge in [0.2, 0.25) is 0 Å². The SMILES string of the molecule is C=CC[C@]1(O)CCC[C@H](O)C1.C=CC[C@]1(O)CCC[C@H](O[Si](C)(C)C(C)(C)C)C1.CC(C)(C)[Si](C)(C)O[C@H]1CCC[C@@](O)(CC(O)CO)C1.CC(C)(C)[Si](C)(C)O[C@H]1CCC[C@@](O)(CC=O)C1.C[C@H](NCC[C@]1(O)CCC[C@H](O[Si](C)(C)C(C)(C)C)C1)c1ccc(Br)cc1. The molecule has 0 amide bonds. The maximum absolute atomic E-state index is 11.2. The maximum Gasteiger partial charge on any atom is 0.192 e. The summed E-state index contributed by atoms with van der Waals surface area (Å²) in [6.45, 7) is 55.1. The van der Waals surface area contributed by atoms with E-state index in [1.165, 1.54) is 5.56 Å². The second kappa shape index (κ2) is 37.4. The van der Waals surface area contributed by atoms with Crippen molar-refractivity contribution in [3.8, 4) is 0 Å². The molecule has 5 aliphatic rings. The van der Waals surface area contributed by atoms with Crippen molar-refractivity contribution in [2.45, 2.75) is 394 Å². The van der Waals surface area contributed by atoms with E-state index in [0.717, 1.165) is 126 Å². The summed E-state index contributed by atoms with van der Waals surface area (Å²) >= 11 is 3.48. The van der Waals surface area contributed by atoms with Crippen LogP contribution in [-0.4, -0.2) is 158 Å². The summed E-state index contributed by atoms with van der Waals surface area (Å²) < 4.78 is 26.9. The van der Waals surface area contributed by atoms with E-state index in [2.05, 4.69) is 201 Å². The van der Waals surface area contributed by atoms with Crippen LogP contribution in [0.15, 0.2) is 54.0 Å². The first-order chi connectivity index (χ1) is 42.8. The van der Waals surface area contributed by atoms with Gasteiger partial charge in [-0.05, 0) is 219 Å². The van der Waals surface area contributed by atoms with Crippen molar-refractivity contribution in [1.82, 2.24) is 5.32 Å². The van der Waals surface area contributed by atoms with E-state index < -0.39 is 67.4 Å². The van der Waals surface area contributed by atoms with Gasteiger partial charge in [0.05, 0.1) is 46.8 Å². The summed E-state index contributed by atoms with van der Waals surface area (Å²) in [5.74, 6) is 0. The highest BCUT2D eigenvalue weighted by Crippen LogP contribution is 2.46. The summed E-state index contributed by atoms with van der Waals surface area (Å²) in [7, 11) is -7.10. The Morgan fingerprint density at radius 3 is 1.17 bits per heavy atom. The summed E-state index contributed by atoms with van der Waals surface area (Å²) in [5.41, 5.74) is -2.29. The second-order valence-corrected chi connectivity index (χ2v) is 55.6. The number of aliphatic hydroxyl groups excluding tert-OH is 3. The third-order valence-corrected chi connectivity index (χ3v) is 41.4. The van der Waals surface area contributed by atoms with Crippen LogP contribution in [0.2, 0.25) is 72.5 Å². The molecule has 19 heteroatoms. The van der Waals surface area contributed by atoms with Crippen LogP contribution in [-0.2, 0) is 22.5 Å². The topological polar surface area (TPSA) is 228 Å². The molecule has 550 valence electrons. The van der Waals surface area contributed by atoms with Crippen LogP contribution in [0.3, 0.4) is 0 Å². The molecule has 0 radical (unpaired) electrons. The first kappa shape index (κ1) is 89.3. The van der Waals surface area contributed by atoms with Gasteiger partial charge in [0, 0.05) is 79.9 Å². The molecule has 0 aliphatic heterocycles. The van der Waals surface area contributed by atoms with Gasteiger partial charge in [0.1, 0.15) is 6.29 Å². The lowest BCUT2D eigenvalue weighted by Crippen LogP contribution is -2.48. The fourth-order valence-corrected chi connectivity index (χ4v) is 18.6. The highest BCUT2D eigenvalue weighted by atomic mass is 79.9. The van der Waals surface area contributed by atoms with Crippen LogP contribution >= 0.6 is 15.9 Å². The molecule has 5 saturated carbocycles. The van der Waals surface area contributed by atoms with Gasteiger partial charge < -0.3 is 68.7 Å². The van der Waals surface area contributed by atoms with Crippen LogP contribution in [0.4, 0.5) is 0 Å². The zero-order chi connectivity index (χ0) is 72.3. The van der Waals surface area contributed by atoms with Crippen molar-refractivity contribution < 1.29 is 63.4 Å². The van der Waals surface area contributed by atoms with Crippen LogP contribution in [0.25, 0.3) is 0 Å². The molecule has 14 nitrogen and oxygen atoms in total. The third-order valence-electron chi connectivity index (χ3n) is 22.7. The van der Waals surface area contributed by atoms with Crippen molar-refractivity contribution in [3.63, 3.8) is 0 Å². The molecule has 1 aromatic rings. The van der Waals surface area contributed by atoms with Crippen LogP contribution in [0.1, 0.15) is 262 Å². The molecular formula is C75H144BrNO13Si4. The quantitative estimate of drug-likeness (QED) is 0.0299. The van der Waals surface area contributed by atoms with Gasteiger partial charge in [-0.1, -0.05) is 123 Å². The average molecular weight is 1460 g/mol. The predicted molar refractivity (Wildman–Crippen MR) is 405 cm³/mol. The van der Waals surface area contributed by atoms with Gasteiger partial charge in [-0.15, -0.1) is 13.2 Å². The first-order valence-corrected chi connectivity index (χ1v) is 48.6. The molecule has 0 saturated heterocycles. The van der Waals surface area contributed by atoms with Gasteiger partial charge in [0.15, 0.2) is 33.3 Å². The highest BCUT2D eigenvalue weighted by Gasteiger charge is 2.47. The molecule has 0 bridgehead atoms. The molecule has 1 aromatic carbocycles. The van der Waals surface area contributed by atoms with E-state index in [9.17, 15) is 40.5 Å². The summed E-state index contributed by atoms with van der Waals surface area (Å²) in [6, 6.07) is 8.71. The van der Waals surface area contributed by atoms with Crippen LogP contribution < -0.4 is 5.32 Å². The monoisotopic (exact) mass is 1460 g/mol. The largest absolute Gasteiger partial charge is 0.414 e. The fourth-order valence-electron chi connectivity index (χ4n) is 12.8. The lowest BCUT2D eigenvalue weighted by atomic mass is 9.79. The molecule has 0 aromatic heterocycles. The average Bonchev–Trinajstić information content (AvgIpc) is 0.984. The first-order valence-electron chi connectivity index (χ1n) is 36.2. The Balaban J connectivity index is 0.000000410. The van der Waals surface area contributed by atoms with Gasteiger partial charge in [-0.25, -0.2) is 0 Å². The van der Waals surface area contributed by atoms with Crippen molar-refractivity contribution in [2.75, 3.05) is 13.2 Å². The minimum atomic E-state index is -1.83. The Labute approximate surface area is 587 Å². The molecule has 1 unspecified atom stereocenters. The molecule has 0 heterocycles. The molecule has 12 atom stereocenters. The Hall–Kier alpha value is -0.802. The van der Waals surface area contributed by atoms with E-state index in [-0.39, 0.29) is 76.2 Å². The van der Waals surface area contributed by atoms with Crippen molar-refractivity contribution in [2.24, 2.45) is 0 Å². The number of halogens is 1. The van der Waals surface area contributed by atoms with E-state index in [4.69, 9.17) is 22.8 Å². The molecule has 0 spiro atoms. The van der Waals surface area contributed by atoms with Gasteiger partial charge in [-0.2, -0.15) is 0 Å². The summed E-state index contributed by atoms with van der Waals surface area (Å²) in [5, 5.41) is 84.6. The number of carbonyl (C=O) groups is 1. The Bertz CT molecular complexity index is 2310. The molecule has 9 N–H and O–H groups in total. The zero-order valence-corrected chi connectivity index (χ0v) is 69.2. The number of carbonyl (C=O) groups excluding carboxylic acids is 1. The Morgan fingerprint density at radius 1 is 0.532 bits per heavy atom. The normalized spacial score (nSPS) is 29.8. The third kappa shape index (κ3) is 30.8. The Kier molecular flexibility index (Phi) is 35.5. The van der Waals surface area contributed by atoms with Gasteiger partial charge in [0.25, 0.3) is 0 Å². The number of hydrogen-bond donors (Lipinski definition) is 9. The lowest BCUT2D eigenvalue weighted by molar-refractivity contribution is -0.115. The molecule has 6 rings (SSSR count). The van der Waals surface area contributed by atoms with Gasteiger partial charge in [-0.3, -0.25) is 0 Å². The lowest BCUT2D eigenvalue weighted by Gasteiger charge is -2.44. The fraction of sp³-hybridized carbons (Fsp3) is 0.853. The Morgan fingerprint density at radius 2 is 0.840 bits per heavy atom. The number of nitrogens with one attached hydrogen (secondary N) is 1. The predicted octanol–water partition coefficient (Wildman–Crippen LogP) is 17.4. The minimum Gasteiger partial charge on any atom is -0.414 e. The van der Waals surface area contributed by atoms with E-state index in [1.807, 2.05) is 6.08 Å². The van der Waals surface area contributed by atoms with Gasteiger partial charge >= 0.3 is 0 Å². The van der Waals surface area contributed by atoms with Crippen LogP contribution in [0.5, 0.6) is 0 Å². The van der Waals surface area contributed by atoms with E-state index >= 15 is 0 Å².